The average Bonchev–Trinajstić information content (AvgIpc) is 3.29. The van der Waals surface area contributed by atoms with Gasteiger partial charge in [-0.05, 0) is 25.0 Å². The molecule has 2 saturated heterocycles. The van der Waals surface area contributed by atoms with Gasteiger partial charge >= 0.3 is 0 Å². The van der Waals surface area contributed by atoms with Crippen molar-refractivity contribution >= 4 is 23.5 Å². The highest BCUT2D eigenvalue weighted by Crippen LogP contribution is 2.21. The topological polar surface area (TPSA) is 96.1 Å². The first kappa shape index (κ1) is 21.6. The van der Waals surface area contributed by atoms with Crippen molar-refractivity contribution in [1.29, 1.82) is 0 Å². The highest BCUT2D eigenvalue weighted by atomic mass is 35.5. The summed E-state index contributed by atoms with van der Waals surface area (Å²) in [5.41, 5.74) is 0.805. The molecule has 0 unspecified atom stereocenters. The Balaban J connectivity index is 1.28. The number of guanidine groups is 1. The number of nitrogens with zero attached hydrogens (tertiary/aromatic N) is 5. The maximum Gasteiger partial charge on any atom is 0.246 e. The minimum atomic E-state index is 0.0728. The third-order valence-electron chi connectivity index (χ3n) is 5.63. The van der Waals surface area contributed by atoms with Crippen molar-refractivity contribution in [2.45, 2.75) is 19.4 Å². The molecule has 10 heteroatoms. The largest absolute Gasteiger partial charge is 0.378 e. The second-order valence-electron chi connectivity index (χ2n) is 7.62. The van der Waals surface area contributed by atoms with E-state index in [1.165, 1.54) is 0 Å². The van der Waals surface area contributed by atoms with Crippen LogP contribution in [0, 0.1) is 5.92 Å². The van der Waals surface area contributed by atoms with Gasteiger partial charge < -0.3 is 24.4 Å². The first-order chi connectivity index (χ1) is 15.1. The van der Waals surface area contributed by atoms with E-state index in [1.54, 1.807) is 19.2 Å². The van der Waals surface area contributed by atoms with E-state index in [9.17, 15) is 4.79 Å². The molecular weight excluding hydrogens is 420 g/mol. The molecule has 2 aromatic rings. The van der Waals surface area contributed by atoms with Crippen LogP contribution in [0.5, 0.6) is 0 Å². The van der Waals surface area contributed by atoms with Crippen molar-refractivity contribution in [2.75, 3.05) is 46.4 Å². The number of piperidine rings is 1. The van der Waals surface area contributed by atoms with E-state index in [0.29, 0.717) is 49.6 Å². The summed E-state index contributed by atoms with van der Waals surface area (Å²) in [5, 5.41) is 7.93. The zero-order valence-electron chi connectivity index (χ0n) is 17.6. The average molecular weight is 447 g/mol. The molecule has 0 atom stereocenters. The Hall–Kier alpha value is -2.65. The van der Waals surface area contributed by atoms with Gasteiger partial charge in [-0.1, -0.05) is 28.9 Å². The third kappa shape index (κ3) is 5.34. The fourth-order valence-corrected chi connectivity index (χ4v) is 4.13. The normalized spacial score (nSPS) is 18.3. The second kappa shape index (κ2) is 10.1. The van der Waals surface area contributed by atoms with Gasteiger partial charge in [0.2, 0.25) is 17.6 Å². The van der Waals surface area contributed by atoms with Gasteiger partial charge in [-0.2, -0.15) is 4.98 Å². The number of aromatic nitrogens is 2. The lowest BCUT2D eigenvalue weighted by Gasteiger charge is -2.36. The number of hydrogen-bond donors (Lipinski definition) is 1. The van der Waals surface area contributed by atoms with E-state index < -0.39 is 0 Å². The predicted molar refractivity (Wildman–Crippen MR) is 117 cm³/mol. The van der Waals surface area contributed by atoms with Crippen LogP contribution in [-0.2, 0) is 16.1 Å². The van der Waals surface area contributed by atoms with Crippen LogP contribution < -0.4 is 5.32 Å². The van der Waals surface area contributed by atoms with Crippen molar-refractivity contribution in [3.8, 4) is 11.4 Å². The Morgan fingerprint density at radius 1 is 1.23 bits per heavy atom. The van der Waals surface area contributed by atoms with E-state index >= 15 is 0 Å². The first-order valence-electron chi connectivity index (χ1n) is 10.5. The quantitative estimate of drug-likeness (QED) is 0.567. The maximum atomic E-state index is 12.7. The molecule has 0 bridgehead atoms. The number of rotatable bonds is 4. The molecule has 1 aromatic heterocycles. The molecule has 2 aliphatic rings. The molecule has 0 saturated carbocycles. The van der Waals surface area contributed by atoms with E-state index in [0.717, 1.165) is 37.5 Å². The Labute approximate surface area is 186 Å². The van der Waals surface area contributed by atoms with Crippen molar-refractivity contribution in [3.05, 3.63) is 35.2 Å². The number of halogens is 1. The SMILES string of the molecule is CN=C(NCc1nc(-c2cccc(Cl)c2)no1)N1CCC(C(=O)N2CCOCC2)CC1. The minimum Gasteiger partial charge on any atom is -0.378 e. The second-order valence-corrected chi connectivity index (χ2v) is 8.06. The van der Waals surface area contributed by atoms with E-state index in [2.05, 4.69) is 25.3 Å². The molecule has 31 heavy (non-hydrogen) atoms. The molecule has 0 spiro atoms. The lowest BCUT2D eigenvalue weighted by atomic mass is 9.95. The summed E-state index contributed by atoms with van der Waals surface area (Å²) < 4.78 is 10.7. The monoisotopic (exact) mass is 446 g/mol. The van der Waals surface area contributed by atoms with Gasteiger partial charge in [-0.3, -0.25) is 9.79 Å². The summed E-state index contributed by atoms with van der Waals surface area (Å²) in [6, 6.07) is 7.33. The highest BCUT2D eigenvalue weighted by molar-refractivity contribution is 6.30. The molecule has 4 rings (SSSR count). The number of benzene rings is 1. The fourth-order valence-electron chi connectivity index (χ4n) is 3.94. The number of nitrogens with one attached hydrogen (secondary N) is 1. The number of carbonyl (C=O) groups excluding carboxylic acids is 1. The zero-order chi connectivity index (χ0) is 21.6. The van der Waals surface area contributed by atoms with Crippen LogP contribution in [0.2, 0.25) is 5.02 Å². The number of aliphatic imine (C=N–C) groups is 1. The molecular formula is C21H27ClN6O3. The van der Waals surface area contributed by atoms with Gasteiger partial charge in [-0.15, -0.1) is 0 Å². The summed E-state index contributed by atoms with van der Waals surface area (Å²) in [4.78, 5) is 25.6. The third-order valence-corrected chi connectivity index (χ3v) is 5.86. The van der Waals surface area contributed by atoms with Crippen molar-refractivity contribution in [3.63, 3.8) is 0 Å². The van der Waals surface area contributed by atoms with Gasteiger partial charge in [0.25, 0.3) is 0 Å². The number of morpholine rings is 1. The van der Waals surface area contributed by atoms with E-state index in [4.69, 9.17) is 20.9 Å². The fraction of sp³-hybridized carbons (Fsp3) is 0.524. The lowest BCUT2D eigenvalue weighted by molar-refractivity contribution is -0.140. The van der Waals surface area contributed by atoms with Gasteiger partial charge in [0.15, 0.2) is 5.96 Å². The summed E-state index contributed by atoms with van der Waals surface area (Å²) in [6.45, 7) is 4.59. The van der Waals surface area contributed by atoms with Gasteiger partial charge in [0.1, 0.15) is 0 Å². The van der Waals surface area contributed by atoms with Crippen LogP contribution in [0.4, 0.5) is 0 Å². The van der Waals surface area contributed by atoms with Crippen LogP contribution in [-0.4, -0.2) is 78.2 Å². The number of likely N-dealkylation sites (tertiary alicyclic amines) is 1. The standard InChI is InChI=1S/C21H27ClN6O3/c1-23-21(24-14-18-25-19(26-31-18)16-3-2-4-17(22)13-16)28-7-5-15(6-8-28)20(29)27-9-11-30-12-10-27/h2-4,13,15H,5-12,14H2,1H3,(H,23,24). The number of carbonyl (C=O) groups is 1. The van der Waals surface area contributed by atoms with Crippen molar-refractivity contribution in [1.82, 2.24) is 25.3 Å². The summed E-state index contributed by atoms with van der Waals surface area (Å²) in [5.74, 6) is 2.05. The van der Waals surface area contributed by atoms with Crippen LogP contribution in [0.15, 0.2) is 33.8 Å². The summed E-state index contributed by atoms with van der Waals surface area (Å²) in [6.07, 6.45) is 1.63. The Kier molecular flexibility index (Phi) is 7.03. The predicted octanol–water partition coefficient (Wildman–Crippen LogP) is 2.04. The van der Waals surface area contributed by atoms with Crippen LogP contribution in [0.3, 0.4) is 0 Å². The Morgan fingerprint density at radius 3 is 2.71 bits per heavy atom. The molecule has 1 aromatic carbocycles. The summed E-state index contributed by atoms with van der Waals surface area (Å²) >= 11 is 6.03. The Bertz CT molecular complexity index is 919. The molecule has 1 N–H and O–H groups in total. The molecule has 166 valence electrons. The lowest BCUT2D eigenvalue weighted by Crippen LogP contribution is -2.49. The smallest absolute Gasteiger partial charge is 0.246 e. The van der Waals surface area contributed by atoms with Crippen molar-refractivity contribution < 1.29 is 14.1 Å². The molecule has 0 aliphatic carbocycles. The van der Waals surface area contributed by atoms with Crippen molar-refractivity contribution in [2.24, 2.45) is 10.9 Å². The van der Waals surface area contributed by atoms with Gasteiger partial charge in [0, 0.05) is 49.7 Å². The molecule has 9 nitrogen and oxygen atoms in total. The minimum absolute atomic E-state index is 0.0728. The zero-order valence-corrected chi connectivity index (χ0v) is 18.3. The maximum absolute atomic E-state index is 12.7. The van der Waals surface area contributed by atoms with Crippen LogP contribution >= 0.6 is 11.6 Å². The summed E-state index contributed by atoms with van der Waals surface area (Å²) in [7, 11) is 1.75. The van der Waals surface area contributed by atoms with Gasteiger partial charge in [0.05, 0.1) is 19.8 Å². The first-order valence-corrected chi connectivity index (χ1v) is 10.9. The number of hydrogen-bond acceptors (Lipinski definition) is 6. The molecule has 3 heterocycles. The number of amides is 1. The van der Waals surface area contributed by atoms with Crippen LogP contribution in [0.1, 0.15) is 18.7 Å². The molecule has 0 radical (unpaired) electrons. The molecule has 2 fully saturated rings. The van der Waals surface area contributed by atoms with E-state index in [1.807, 2.05) is 17.0 Å². The number of ether oxygens (including phenoxy) is 1. The Morgan fingerprint density at radius 2 is 2.00 bits per heavy atom. The molecule has 1 amide bonds. The van der Waals surface area contributed by atoms with E-state index in [-0.39, 0.29) is 11.8 Å². The molecule has 2 aliphatic heterocycles. The van der Waals surface area contributed by atoms with Gasteiger partial charge in [-0.25, -0.2) is 0 Å². The highest BCUT2D eigenvalue weighted by Gasteiger charge is 2.30. The van der Waals surface area contributed by atoms with Crippen LogP contribution in [0.25, 0.3) is 11.4 Å².